The van der Waals surface area contributed by atoms with Crippen molar-refractivity contribution in [1.29, 1.82) is 0 Å². The molecule has 0 aromatic carbocycles. The van der Waals surface area contributed by atoms with Crippen LogP contribution in [0.25, 0.3) is 0 Å². The first-order chi connectivity index (χ1) is 9.72. The van der Waals surface area contributed by atoms with E-state index in [0.29, 0.717) is 6.42 Å². The summed E-state index contributed by atoms with van der Waals surface area (Å²) in [6.07, 6.45) is 1.59. The Morgan fingerprint density at radius 2 is 2.14 bits per heavy atom. The van der Waals surface area contributed by atoms with Gasteiger partial charge in [-0.15, -0.1) is 0 Å². The predicted octanol–water partition coefficient (Wildman–Crippen LogP) is 1.64. The van der Waals surface area contributed by atoms with Crippen molar-refractivity contribution in [3.63, 3.8) is 0 Å². The maximum Gasteiger partial charge on any atom is 0.303 e. The van der Waals surface area contributed by atoms with Gasteiger partial charge < -0.3 is 5.11 Å². The number of nitrogens with zero attached hydrogens (tertiary/aromatic N) is 1. The van der Waals surface area contributed by atoms with E-state index in [1.54, 1.807) is 0 Å². The van der Waals surface area contributed by atoms with Crippen molar-refractivity contribution in [2.75, 3.05) is 6.54 Å². The maximum absolute atomic E-state index is 13.5. The van der Waals surface area contributed by atoms with E-state index in [-0.39, 0.29) is 24.8 Å². The van der Waals surface area contributed by atoms with Crippen LogP contribution in [0.2, 0.25) is 0 Å². The SMILES string of the molecule is CC(C)C[C@H](CNS(=O)(=O)c1ncccc1F)CC(=O)O. The Hall–Kier alpha value is -1.54. The largest absolute Gasteiger partial charge is 0.481 e. The van der Waals surface area contributed by atoms with Gasteiger partial charge in [-0.05, 0) is 30.4 Å². The summed E-state index contributed by atoms with van der Waals surface area (Å²) in [7, 11) is -4.09. The van der Waals surface area contributed by atoms with Gasteiger partial charge in [0.05, 0.1) is 0 Å². The molecule has 1 aromatic heterocycles. The molecule has 0 aliphatic heterocycles. The Kier molecular flexibility index (Phi) is 6.22. The number of rotatable bonds is 8. The summed E-state index contributed by atoms with van der Waals surface area (Å²) in [4.78, 5) is 14.3. The Labute approximate surface area is 123 Å². The number of pyridine rings is 1. The molecule has 0 fully saturated rings. The van der Waals surface area contributed by atoms with Crippen molar-refractivity contribution in [3.05, 3.63) is 24.1 Å². The zero-order valence-corrected chi connectivity index (χ0v) is 12.7. The summed E-state index contributed by atoms with van der Waals surface area (Å²) in [6.45, 7) is 3.77. The second-order valence-corrected chi connectivity index (χ2v) is 6.92. The molecular weight excluding hydrogens is 299 g/mol. The average molecular weight is 318 g/mol. The van der Waals surface area contributed by atoms with Gasteiger partial charge in [-0.1, -0.05) is 13.8 Å². The Morgan fingerprint density at radius 3 is 2.67 bits per heavy atom. The van der Waals surface area contributed by atoms with Crippen LogP contribution in [0.5, 0.6) is 0 Å². The second kappa shape index (κ2) is 7.46. The average Bonchev–Trinajstić information content (AvgIpc) is 2.35. The lowest BCUT2D eigenvalue weighted by Gasteiger charge is -2.17. The zero-order chi connectivity index (χ0) is 16.0. The lowest BCUT2D eigenvalue weighted by Crippen LogP contribution is -2.32. The number of hydrogen-bond donors (Lipinski definition) is 2. The third-order valence-electron chi connectivity index (χ3n) is 2.81. The molecule has 21 heavy (non-hydrogen) atoms. The second-order valence-electron chi connectivity index (χ2n) is 5.24. The van der Waals surface area contributed by atoms with Gasteiger partial charge in [0.2, 0.25) is 5.03 Å². The number of carboxylic acid groups (broad SMARTS) is 1. The van der Waals surface area contributed by atoms with Gasteiger partial charge in [0, 0.05) is 19.2 Å². The predicted molar refractivity (Wildman–Crippen MR) is 74.6 cm³/mol. The summed E-state index contributed by atoms with van der Waals surface area (Å²) in [5, 5.41) is 8.16. The van der Waals surface area contributed by atoms with Gasteiger partial charge in [0.1, 0.15) is 0 Å². The number of nitrogens with one attached hydrogen (secondary N) is 1. The standard InChI is InChI=1S/C13H19FN2O4S/c1-9(2)6-10(7-12(17)18)8-16-21(19,20)13-11(14)4-3-5-15-13/h3-5,9-10,16H,6-8H2,1-2H3,(H,17,18)/t10-/m0/s1. The van der Waals surface area contributed by atoms with Gasteiger partial charge in [-0.2, -0.15) is 0 Å². The lowest BCUT2D eigenvalue weighted by atomic mass is 9.94. The minimum atomic E-state index is -4.09. The number of aromatic nitrogens is 1. The quantitative estimate of drug-likeness (QED) is 0.759. The fourth-order valence-electron chi connectivity index (χ4n) is 2.02. The number of halogens is 1. The number of sulfonamides is 1. The molecule has 0 unspecified atom stereocenters. The first kappa shape index (κ1) is 17.5. The summed E-state index contributed by atoms with van der Waals surface area (Å²) >= 11 is 0. The molecule has 2 N–H and O–H groups in total. The van der Waals surface area contributed by atoms with Crippen molar-refractivity contribution in [3.8, 4) is 0 Å². The molecule has 0 saturated carbocycles. The highest BCUT2D eigenvalue weighted by atomic mass is 32.2. The fraction of sp³-hybridized carbons (Fsp3) is 0.538. The molecular formula is C13H19FN2O4S. The molecule has 0 amide bonds. The number of carboxylic acids is 1. The van der Waals surface area contributed by atoms with E-state index in [9.17, 15) is 17.6 Å². The monoisotopic (exact) mass is 318 g/mol. The molecule has 6 nitrogen and oxygen atoms in total. The third-order valence-corrected chi connectivity index (χ3v) is 4.17. The minimum absolute atomic E-state index is 0.0666. The van der Waals surface area contributed by atoms with Crippen LogP contribution >= 0.6 is 0 Å². The smallest absolute Gasteiger partial charge is 0.303 e. The van der Waals surface area contributed by atoms with Crippen LogP contribution in [0.15, 0.2) is 23.4 Å². The highest BCUT2D eigenvalue weighted by Gasteiger charge is 2.23. The van der Waals surface area contributed by atoms with Gasteiger partial charge in [-0.3, -0.25) is 4.79 Å². The van der Waals surface area contributed by atoms with Crippen molar-refractivity contribution in [2.24, 2.45) is 11.8 Å². The molecule has 0 spiro atoms. The van der Waals surface area contributed by atoms with E-state index < -0.39 is 26.8 Å². The summed E-state index contributed by atoms with van der Waals surface area (Å²) in [5.74, 6) is -2.07. The van der Waals surface area contributed by atoms with Gasteiger partial charge in [0.15, 0.2) is 5.82 Å². The first-order valence-corrected chi connectivity index (χ1v) is 8.02. The van der Waals surface area contributed by atoms with E-state index in [0.717, 1.165) is 6.07 Å². The van der Waals surface area contributed by atoms with Gasteiger partial charge >= 0.3 is 5.97 Å². The fourth-order valence-corrected chi connectivity index (χ4v) is 3.13. The van der Waals surface area contributed by atoms with E-state index in [1.165, 1.54) is 12.3 Å². The summed E-state index contributed by atoms with van der Waals surface area (Å²) in [5.41, 5.74) is 0. The molecule has 0 aliphatic carbocycles. The molecule has 1 rings (SSSR count). The van der Waals surface area contributed by atoms with E-state index in [4.69, 9.17) is 5.11 Å². The van der Waals surface area contributed by atoms with Crippen LogP contribution in [-0.4, -0.2) is 31.0 Å². The van der Waals surface area contributed by atoms with Crippen molar-refractivity contribution in [1.82, 2.24) is 9.71 Å². The topological polar surface area (TPSA) is 96.4 Å². The molecule has 118 valence electrons. The van der Waals surface area contributed by atoms with E-state index in [2.05, 4.69) is 9.71 Å². The summed E-state index contributed by atoms with van der Waals surface area (Å²) < 4.78 is 39.6. The van der Waals surface area contributed by atoms with Crippen LogP contribution in [-0.2, 0) is 14.8 Å². The molecule has 0 aliphatic rings. The molecule has 1 aromatic rings. The molecule has 0 radical (unpaired) electrons. The Bertz CT molecular complexity index is 590. The van der Waals surface area contributed by atoms with Crippen LogP contribution in [0.1, 0.15) is 26.7 Å². The van der Waals surface area contributed by atoms with E-state index >= 15 is 0 Å². The molecule has 0 bridgehead atoms. The minimum Gasteiger partial charge on any atom is -0.481 e. The number of hydrogen-bond acceptors (Lipinski definition) is 4. The Morgan fingerprint density at radius 1 is 1.48 bits per heavy atom. The highest BCUT2D eigenvalue weighted by molar-refractivity contribution is 7.89. The maximum atomic E-state index is 13.5. The highest BCUT2D eigenvalue weighted by Crippen LogP contribution is 2.16. The van der Waals surface area contributed by atoms with E-state index in [1.807, 2.05) is 13.8 Å². The first-order valence-electron chi connectivity index (χ1n) is 6.54. The molecule has 8 heteroatoms. The van der Waals surface area contributed by atoms with Gasteiger partial charge in [0.25, 0.3) is 10.0 Å². The van der Waals surface area contributed by atoms with Crippen molar-refractivity contribution in [2.45, 2.75) is 31.7 Å². The van der Waals surface area contributed by atoms with Crippen molar-refractivity contribution >= 4 is 16.0 Å². The number of aliphatic carboxylic acids is 1. The van der Waals surface area contributed by atoms with Crippen LogP contribution in [0.4, 0.5) is 4.39 Å². The van der Waals surface area contributed by atoms with Crippen LogP contribution < -0.4 is 4.72 Å². The van der Waals surface area contributed by atoms with Gasteiger partial charge in [-0.25, -0.2) is 22.5 Å². The summed E-state index contributed by atoms with van der Waals surface area (Å²) in [6, 6.07) is 2.30. The Balaban J connectivity index is 2.78. The molecule has 1 atom stereocenters. The van der Waals surface area contributed by atoms with Crippen molar-refractivity contribution < 1.29 is 22.7 Å². The molecule has 1 heterocycles. The zero-order valence-electron chi connectivity index (χ0n) is 11.9. The lowest BCUT2D eigenvalue weighted by molar-refractivity contribution is -0.138. The molecule has 0 saturated heterocycles. The van der Waals surface area contributed by atoms with Crippen LogP contribution in [0.3, 0.4) is 0 Å². The van der Waals surface area contributed by atoms with Crippen LogP contribution in [0, 0.1) is 17.7 Å². The normalized spacial score (nSPS) is 13.3. The number of carbonyl (C=O) groups is 1. The third kappa shape index (κ3) is 5.76.